The Hall–Kier alpha value is -3.26. The van der Waals surface area contributed by atoms with Crippen LogP contribution in [0.4, 0.5) is 23.2 Å². The van der Waals surface area contributed by atoms with Gasteiger partial charge in [-0.3, -0.25) is 4.90 Å². The van der Waals surface area contributed by atoms with Gasteiger partial charge < -0.3 is 9.64 Å². The molecule has 1 aliphatic rings. The van der Waals surface area contributed by atoms with Gasteiger partial charge in [0, 0.05) is 17.8 Å². The molecule has 1 aliphatic heterocycles. The maximum Gasteiger partial charge on any atom is 0.207 e. The van der Waals surface area contributed by atoms with Gasteiger partial charge >= 0.3 is 0 Å². The van der Waals surface area contributed by atoms with E-state index in [9.17, 15) is 17.6 Å². The van der Waals surface area contributed by atoms with Crippen LogP contribution in [0.15, 0.2) is 83.3 Å². The Bertz CT molecular complexity index is 1210. The Kier molecular flexibility index (Phi) is 7.26. The van der Waals surface area contributed by atoms with Gasteiger partial charge in [-0.1, -0.05) is 36.4 Å². The monoisotopic (exact) mass is 532 g/mol. The molecule has 1 atom stereocenters. The van der Waals surface area contributed by atoms with Gasteiger partial charge in [-0.2, -0.15) is 0 Å². The zero-order valence-corrected chi connectivity index (χ0v) is 19.8. The molecule has 3 aromatic rings. The molecule has 34 heavy (non-hydrogen) atoms. The average molecular weight is 533 g/mol. The highest BCUT2D eigenvalue weighted by Crippen LogP contribution is 2.35. The highest BCUT2D eigenvalue weighted by Gasteiger charge is 2.34. The van der Waals surface area contributed by atoms with E-state index in [1.165, 1.54) is 24.3 Å². The minimum atomic E-state index is -0.720. The third kappa shape index (κ3) is 5.12. The zero-order chi connectivity index (χ0) is 24.2. The molecular formula is C26H21BrF4N2O. The summed E-state index contributed by atoms with van der Waals surface area (Å²) in [6, 6.07) is 16.5. The molecule has 3 nitrogen and oxygen atoms in total. The fraction of sp³-hybridized carbons (Fsp3) is 0.154. The van der Waals surface area contributed by atoms with Crippen molar-refractivity contribution in [3.05, 3.63) is 118 Å². The SMILES string of the molecule is CC1N(/C=C/c2ccccc2)C(OCc2ccc(F)cc2F)=C(Br)CN1c1c(F)cccc1F. The first-order valence-corrected chi connectivity index (χ1v) is 11.3. The van der Waals surface area contributed by atoms with Crippen LogP contribution in [0.5, 0.6) is 0 Å². The molecule has 0 N–H and O–H groups in total. The number of halogens is 5. The summed E-state index contributed by atoms with van der Waals surface area (Å²) in [7, 11) is 0. The highest BCUT2D eigenvalue weighted by atomic mass is 79.9. The molecule has 0 bridgehead atoms. The molecule has 0 aromatic heterocycles. The normalized spacial score (nSPS) is 16.5. The van der Waals surface area contributed by atoms with E-state index in [0.29, 0.717) is 10.4 Å². The van der Waals surface area contributed by atoms with Crippen molar-refractivity contribution in [3.8, 4) is 0 Å². The fourth-order valence-corrected chi connectivity index (χ4v) is 4.29. The summed E-state index contributed by atoms with van der Waals surface area (Å²) < 4.78 is 63.1. The molecule has 1 heterocycles. The van der Waals surface area contributed by atoms with Gasteiger partial charge in [0.25, 0.3) is 0 Å². The average Bonchev–Trinajstić information content (AvgIpc) is 2.81. The summed E-state index contributed by atoms with van der Waals surface area (Å²) in [4.78, 5) is 3.27. The van der Waals surface area contributed by atoms with E-state index < -0.39 is 29.4 Å². The number of nitrogens with zero attached hydrogens (tertiary/aromatic N) is 2. The van der Waals surface area contributed by atoms with E-state index in [1.807, 2.05) is 36.4 Å². The number of ether oxygens (including phenoxy) is 1. The standard InChI is InChI=1S/C26H21BrF4N2O/c1-17-32(13-12-18-6-3-2-4-7-18)26(34-16-19-10-11-20(28)14-24(19)31)21(27)15-33(17)25-22(29)8-5-9-23(25)30/h2-14,17H,15-16H2,1H3/b13-12+. The number of para-hydroxylation sites is 1. The maximum absolute atomic E-state index is 14.6. The smallest absolute Gasteiger partial charge is 0.207 e. The first kappa shape index (κ1) is 23.9. The van der Waals surface area contributed by atoms with Crippen molar-refractivity contribution in [2.45, 2.75) is 19.7 Å². The second-order valence-corrected chi connectivity index (χ2v) is 8.66. The van der Waals surface area contributed by atoms with Crippen LogP contribution < -0.4 is 4.90 Å². The predicted octanol–water partition coefficient (Wildman–Crippen LogP) is 7.16. The number of anilines is 1. The summed E-state index contributed by atoms with van der Waals surface area (Å²) in [5.41, 5.74) is 0.925. The van der Waals surface area contributed by atoms with Gasteiger partial charge in [-0.15, -0.1) is 0 Å². The van der Waals surface area contributed by atoms with E-state index in [-0.39, 0.29) is 24.4 Å². The van der Waals surface area contributed by atoms with Crippen LogP contribution >= 0.6 is 15.9 Å². The Morgan fingerprint density at radius 3 is 2.32 bits per heavy atom. The summed E-state index contributed by atoms with van der Waals surface area (Å²) in [6.07, 6.45) is 3.02. The van der Waals surface area contributed by atoms with E-state index in [1.54, 1.807) is 22.9 Å². The van der Waals surface area contributed by atoms with Crippen LogP contribution in [0.25, 0.3) is 6.08 Å². The number of rotatable bonds is 6. The van der Waals surface area contributed by atoms with Crippen LogP contribution in [-0.2, 0) is 11.3 Å². The highest BCUT2D eigenvalue weighted by molar-refractivity contribution is 9.11. The molecule has 3 aromatic carbocycles. The van der Waals surface area contributed by atoms with Gasteiger partial charge in [0.15, 0.2) is 0 Å². The van der Waals surface area contributed by atoms with E-state index >= 15 is 0 Å². The zero-order valence-electron chi connectivity index (χ0n) is 18.2. The number of hydrogen-bond acceptors (Lipinski definition) is 3. The molecule has 0 saturated carbocycles. The molecule has 176 valence electrons. The summed E-state index contributed by atoms with van der Waals surface area (Å²) in [5, 5.41) is 0. The number of hydrogen-bond donors (Lipinski definition) is 0. The Balaban J connectivity index is 1.69. The Morgan fingerprint density at radius 1 is 0.941 bits per heavy atom. The molecule has 8 heteroatoms. The molecule has 0 saturated heterocycles. The summed E-state index contributed by atoms with van der Waals surface area (Å²) in [5.74, 6) is -2.41. The topological polar surface area (TPSA) is 15.7 Å². The fourth-order valence-electron chi connectivity index (χ4n) is 3.70. The lowest BCUT2D eigenvalue weighted by molar-refractivity contribution is 0.0977. The van der Waals surface area contributed by atoms with E-state index in [4.69, 9.17) is 4.74 Å². The molecule has 1 unspecified atom stereocenters. The van der Waals surface area contributed by atoms with Crippen LogP contribution in [0, 0.1) is 23.3 Å². The molecule has 0 spiro atoms. The van der Waals surface area contributed by atoms with Crippen LogP contribution in [0.2, 0.25) is 0 Å². The molecule has 0 fully saturated rings. The van der Waals surface area contributed by atoms with Crippen molar-refractivity contribution in [1.29, 1.82) is 0 Å². The van der Waals surface area contributed by atoms with Crippen molar-refractivity contribution in [2.75, 3.05) is 11.4 Å². The van der Waals surface area contributed by atoms with Crippen molar-refractivity contribution in [2.24, 2.45) is 0 Å². The predicted molar refractivity (Wildman–Crippen MR) is 128 cm³/mol. The molecular weight excluding hydrogens is 512 g/mol. The van der Waals surface area contributed by atoms with Crippen molar-refractivity contribution < 1.29 is 22.3 Å². The minimum absolute atomic E-state index is 0.121. The second kappa shape index (κ2) is 10.3. The summed E-state index contributed by atoms with van der Waals surface area (Å²) in [6.45, 7) is 1.74. The molecule has 4 rings (SSSR count). The lowest BCUT2D eigenvalue weighted by Gasteiger charge is -2.43. The Labute approximate surface area is 203 Å². The van der Waals surface area contributed by atoms with Gasteiger partial charge in [0.05, 0.1) is 11.0 Å². The van der Waals surface area contributed by atoms with Crippen molar-refractivity contribution in [1.82, 2.24) is 4.90 Å². The van der Waals surface area contributed by atoms with Gasteiger partial charge in [0.2, 0.25) is 5.88 Å². The lowest BCUT2D eigenvalue weighted by atomic mass is 10.2. The molecule has 0 radical (unpaired) electrons. The quantitative estimate of drug-likeness (QED) is 0.313. The van der Waals surface area contributed by atoms with E-state index in [2.05, 4.69) is 15.9 Å². The maximum atomic E-state index is 14.6. The molecule has 0 amide bonds. The summed E-state index contributed by atoms with van der Waals surface area (Å²) >= 11 is 3.48. The second-order valence-electron chi connectivity index (χ2n) is 7.70. The first-order valence-electron chi connectivity index (χ1n) is 10.5. The van der Waals surface area contributed by atoms with Crippen LogP contribution in [0.1, 0.15) is 18.1 Å². The Morgan fingerprint density at radius 2 is 1.65 bits per heavy atom. The van der Waals surface area contributed by atoms with Crippen molar-refractivity contribution in [3.63, 3.8) is 0 Å². The third-order valence-electron chi connectivity index (χ3n) is 5.46. The van der Waals surface area contributed by atoms with Crippen LogP contribution in [-0.4, -0.2) is 17.6 Å². The minimum Gasteiger partial charge on any atom is -0.473 e. The number of benzene rings is 3. The van der Waals surface area contributed by atoms with Gasteiger partial charge in [0.1, 0.15) is 41.7 Å². The van der Waals surface area contributed by atoms with Gasteiger partial charge in [-0.05, 0) is 58.8 Å². The third-order valence-corrected chi connectivity index (χ3v) is 6.05. The van der Waals surface area contributed by atoms with Gasteiger partial charge in [-0.25, -0.2) is 17.6 Å². The molecule has 0 aliphatic carbocycles. The van der Waals surface area contributed by atoms with Crippen molar-refractivity contribution >= 4 is 27.7 Å². The van der Waals surface area contributed by atoms with Crippen LogP contribution in [0.3, 0.4) is 0 Å². The largest absolute Gasteiger partial charge is 0.473 e. The van der Waals surface area contributed by atoms with E-state index in [0.717, 1.165) is 17.7 Å². The first-order chi connectivity index (χ1) is 16.3. The lowest BCUT2D eigenvalue weighted by Crippen LogP contribution is -2.49.